The maximum Gasteiger partial charge on any atom is 0.213 e. The molecule has 0 radical (unpaired) electrons. The van der Waals surface area contributed by atoms with E-state index in [1.54, 1.807) is 0 Å². The fraction of sp³-hybridized carbons (Fsp3) is 0.667. The van der Waals surface area contributed by atoms with E-state index in [0.717, 1.165) is 24.2 Å². The van der Waals surface area contributed by atoms with E-state index in [-0.39, 0.29) is 12.0 Å². The maximum absolute atomic E-state index is 9.31. The van der Waals surface area contributed by atoms with E-state index in [1.807, 2.05) is 26.2 Å². The van der Waals surface area contributed by atoms with E-state index in [4.69, 9.17) is 4.74 Å². The molecule has 0 saturated carbocycles. The lowest BCUT2D eigenvalue weighted by molar-refractivity contribution is 0.265. The van der Waals surface area contributed by atoms with Crippen LogP contribution in [0.2, 0.25) is 0 Å². The van der Waals surface area contributed by atoms with Crippen molar-refractivity contribution in [3.63, 3.8) is 0 Å². The van der Waals surface area contributed by atoms with Gasteiger partial charge in [-0.2, -0.15) is 0 Å². The summed E-state index contributed by atoms with van der Waals surface area (Å²) in [7, 11) is 4.09. The van der Waals surface area contributed by atoms with Crippen LogP contribution in [-0.2, 0) is 12.0 Å². The van der Waals surface area contributed by atoms with Gasteiger partial charge in [-0.25, -0.2) is 4.98 Å². The summed E-state index contributed by atoms with van der Waals surface area (Å²) in [4.78, 5) is 6.65. The van der Waals surface area contributed by atoms with Crippen molar-refractivity contribution in [1.82, 2.24) is 9.88 Å². The molecule has 0 saturated heterocycles. The average Bonchev–Trinajstić information content (AvgIpc) is 2.33. The molecule has 1 aromatic heterocycles. The molecule has 4 nitrogen and oxygen atoms in total. The largest absolute Gasteiger partial charge is 0.478 e. The summed E-state index contributed by atoms with van der Waals surface area (Å²) in [6.07, 6.45) is 0.961. The molecule has 0 unspecified atom stereocenters. The van der Waals surface area contributed by atoms with Crippen molar-refractivity contribution in [3.05, 3.63) is 23.4 Å². The van der Waals surface area contributed by atoms with E-state index >= 15 is 0 Å². The van der Waals surface area contributed by atoms with Crippen LogP contribution >= 0.6 is 0 Å². The smallest absolute Gasteiger partial charge is 0.213 e. The van der Waals surface area contributed by atoms with Gasteiger partial charge in [0, 0.05) is 18.0 Å². The number of ether oxygens (including phenoxy) is 1. The summed E-state index contributed by atoms with van der Waals surface area (Å²) < 4.78 is 5.69. The Bertz CT molecular complexity index is 398. The Morgan fingerprint density at radius 1 is 1.26 bits per heavy atom. The van der Waals surface area contributed by atoms with Crippen molar-refractivity contribution in [2.45, 2.75) is 39.2 Å². The number of hydrogen-bond donors (Lipinski definition) is 1. The molecule has 0 amide bonds. The van der Waals surface area contributed by atoms with E-state index in [9.17, 15) is 5.11 Å². The van der Waals surface area contributed by atoms with Crippen LogP contribution < -0.4 is 4.74 Å². The molecule has 0 atom stereocenters. The zero-order chi connectivity index (χ0) is 14.5. The van der Waals surface area contributed by atoms with Crippen LogP contribution in [-0.4, -0.2) is 42.2 Å². The number of aromatic nitrogens is 1. The summed E-state index contributed by atoms with van der Waals surface area (Å²) in [6, 6.07) is 3.75. The molecular weight excluding hydrogens is 240 g/mol. The number of aliphatic hydroxyl groups excluding tert-OH is 1. The van der Waals surface area contributed by atoms with Crippen LogP contribution in [0.4, 0.5) is 0 Å². The summed E-state index contributed by atoms with van der Waals surface area (Å²) >= 11 is 0. The Hall–Kier alpha value is -1.13. The van der Waals surface area contributed by atoms with Crippen LogP contribution in [0.25, 0.3) is 0 Å². The van der Waals surface area contributed by atoms with Gasteiger partial charge < -0.3 is 14.7 Å². The first-order valence-electron chi connectivity index (χ1n) is 6.73. The highest BCUT2D eigenvalue weighted by Crippen LogP contribution is 2.24. The van der Waals surface area contributed by atoms with Crippen LogP contribution in [0.3, 0.4) is 0 Å². The molecule has 1 heterocycles. The molecule has 0 aromatic carbocycles. The summed E-state index contributed by atoms with van der Waals surface area (Å²) in [5.41, 5.74) is 1.75. The lowest BCUT2D eigenvalue weighted by atomic mass is 9.91. The number of nitrogens with zero attached hydrogens (tertiary/aromatic N) is 2. The predicted molar refractivity (Wildman–Crippen MR) is 77.5 cm³/mol. The first-order valence-corrected chi connectivity index (χ1v) is 6.73. The van der Waals surface area contributed by atoms with Gasteiger partial charge in [0.2, 0.25) is 5.88 Å². The zero-order valence-electron chi connectivity index (χ0n) is 12.7. The van der Waals surface area contributed by atoms with Gasteiger partial charge in [-0.3, -0.25) is 0 Å². The second kappa shape index (κ2) is 6.87. The number of aliphatic hydroxyl groups is 1. The number of pyridine rings is 1. The maximum atomic E-state index is 9.31. The van der Waals surface area contributed by atoms with E-state index in [2.05, 4.69) is 30.7 Å². The minimum atomic E-state index is -0.0487. The molecule has 4 heteroatoms. The first kappa shape index (κ1) is 15.9. The van der Waals surface area contributed by atoms with Crippen molar-refractivity contribution in [2.24, 2.45) is 0 Å². The van der Waals surface area contributed by atoms with Crippen LogP contribution in [0.5, 0.6) is 5.88 Å². The van der Waals surface area contributed by atoms with Gasteiger partial charge in [-0.15, -0.1) is 0 Å². The molecule has 1 aromatic rings. The van der Waals surface area contributed by atoms with Crippen molar-refractivity contribution < 1.29 is 9.84 Å². The Labute approximate surface area is 116 Å². The lowest BCUT2D eigenvalue weighted by Gasteiger charge is -2.19. The number of rotatable bonds is 6. The zero-order valence-corrected chi connectivity index (χ0v) is 12.7. The first-order chi connectivity index (χ1) is 8.82. The Morgan fingerprint density at radius 2 is 1.95 bits per heavy atom. The summed E-state index contributed by atoms with van der Waals surface area (Å²) in [6.45, 7) is 7.96. The molecule has 19 heavy (non-hydrogen) atoms. The lowest BCUT2D eigenvalue weighted by Crippen LogP contribution is -2.17. The minimum absolute atomic E-state index is 0.0135. The van der Waals surface area contributed by atoms with E-state index in [0.29, 0.717) is 12.5 Å². The highest BCUT2D eigenvalue weighted by Gasteiger charge is 2.17. The highest BCUT2D eigenvalue weighted by atomic mass is 16.5. The van der Waals surface area contributed by atoms with Crippen molar-refractivity contribution >= 4 is 0 Å². The van der Waals surface area contributed by atoms with Gasteiger partial charge >= 0.3 is 0 Å². The normalized spacial score (nSPS) is 11.9. The number of hydrogen-bond acceptors (Lipinski definition) is 4. The Balaban J connectivity index is 2.72. The molecule has 1 N–H and O–H groups in total. The van der Waals surface area contributed by atoms with Crippen LogP contribution in [0, 0.1) is 0 Å². The molecular formula is C15H26N2O2. The topological polar surface area (TPSA) is 45.6 Å². The Kier molecular flexibility index (Phi) is 5.76. The molecule has 1 rings (SSSR count). The van der Waals surface area contributed by atoms with Gasteiger partial charge in [0.25, 0.3) is 0 Å². The predicted octanol–water partition coefficient (Wildman–Crippen LogP) is 2.20. The monoisotopic (exact) mass is 266 g/mol. The molecule has 0 fully saturated rings. The van der Waals surface area contributed by atoms with Crippen molar-refractivity contribution in [3.8, 4) is 5.88 Å². The third-order valence-electron chi connectivity index (χ3n) is 2.81. The van der Waals surface area contributed by atoms with Crippen molar-refractivity contribution in [1.29, 1.82) is 0 Å². The van der Waals surface area contributed by atoms with E-state index < -0.39 is 0 Å². The minimum Gasteiger partial charge on any atom is -0.478 e. The molecule has 0 bridgehead atoms. The second-order valence-electron chi connectivity index (χ2n) is 6.11. The second-order valence-corrected chi connectivity index (χ2v) is 6.11. The van der Waals surface area contributed by atoms with Crippen molar-refractivity contribution in [2.75, 3.05) is 27.2 Å². The fourth-order valence-corrected chi connectivity index (χ4v) is 1.67. The molecule has 0 aliphatic carbocycles. The SMILES string of the molecule is CN(C)CCCOc1cc(CO)cc(C(C)(C)C)n1. The van der Waals surface area contributed by atoms with Gasteiger partial charge in [0.1, 0.15) is 0 Å². The molecule has 0 aliphatic rings. The van der Waals surface area contributed by atoms with Crippen LogP contribution in [0.15, 0.2) is 12.1 Å². The van der Waals surface area contributed by atoms with E-state index in [1.165, 1.54) is 0 Å². The molecule has 108 valence electrons. The van der Waals surface area contributed by atoms with Gasteiger partial charge in [0.15, 0.2) is 0 Å². The van der Waals surface area contributed by atoms with Crippen LogP contribution in [0.1, 0.15) is 38.4 Å². The molecule has 0 spiro atoms. The summed E-state index contributed by atoms with van der Waals surface area (Å²) in [5.74, 6) is 0.607. The Morgan fingerprint density at radius 3 is 2.47 bits per heavy atom. The third-order valence-corrected chi connectivity index (χ3v) is 2.81. The average molecular weight is 266 g/mol. The summed E-state index contributed by atoms with van der Waals surface area (Å²) in [5, 5.41) is 9.31. The van der Waals surface area contributed by atoms with Gasteiger partial charge in [0.05, 0.1) is 18.9 Å². The molecule has 0 aliphatic heterocycles. The van der Waals surface area contributed by atoms with Gasteiger partial charge in [-0.1, -0.05) is 20.8 Å². The standard InChI is InChI=1S/C15H26N2O2/c1-15(2,3)13-9-12(11-18)10-14(16-13)19-8-6-7-17(4)5/h9-10,18H,6-8,11H2,1-5H3. The quantitative estimate of drug-likeness (QED) is 0.802. The third kappa shape index (κ3) is 5.57. The highest BCUT2D eigenvalue weighted by molar-refractivity contribution is 5.28. The van der Waals surface area contributed by atoms with Gasteiger partial charge in [-0.05, 0) is 32.1 Å². The fourth-order valence-electron chi connectivity index (χ4n) is 1.67.